The first kappa shape index (κ1) is 32.1. The van der Waals surface area contributed by atoms with Gasteiger partial charge in [-0.25, -0.2) is 0 Å². The normalized spacial score (nSPS) is 9.95. The van der Waals surface area contributed by atoms with Crippen molar-refractivity contribution in [2.45, 2.75) is 0 Å². The van der Waals surface area contributed by atoms with Crippen molar-refractivity contribution >= 4 is 11.6 Å². The van der Waals surface area contributed by atoms with Gasteiger partial charge in [0.15, 0.2) is 11.6 Å². The van der Waals surface area contributed by atoms with Crippen LogP contribution in [0.4, 0.5) is 0 Å². The van der Waals surface area contributed by atoms with E-state index in [1.165, 1.54) is 32.6 Å². The zero-order chi connectivity index (χ0) is 31.2. The standard InChI is InChI=1S/C19H20O5.C15H14O4/c1-4-23-11-12-24-15-7-5-14(6-8-15)19(20)17-10-9-16(21-2)13-18(17)22-3;1-18-12-7-8-13(14(9-12)19-2)15(17)10-3-5-11(16)6-4-10/h4-10,13H,1,11-12H2,2-3H3;3-9,16H,1-2H3. The van der Waals surface area contributed by atoms with Crippen LogP contribution in [0.3, 0.4) is 0 Å². The van der Waals surface area contributed by atoms with Crippen LogP contribution in [0.2, 0.25) is 0 Å². The summed E-state index contributed by atoms with van der Waals surface area (Å²) in [5.74, 6) is 2.68. The largest absolute Gasteiger partial charge is 0.508 e. The molecule has 0 aliphatic rings. The first-order chi connectivity index (χ1) is 20.8. The Labute approximate surface area is 250 Å². The van der Waals surface area contributed by atoms with Crippen LogP contribution in [0.25, 0.3) is 0 Å². The topological polar surface area (TPSA) is 110 Å². The smallest absolute Gasteiger partial charge is 0.196 e. The number of hydrogen-bond acceptors (Lipinski definition) is 9. The molecule has 43 heavy (non-hydrogen) atoms. The van der Waals surface area contributed by atoms with E-state index in [9.17, 15) is 14.7 Å². The van der Waals surface area contributed by atoms with Crippen molar-refractivity contribution in [3.63, 3.8) is 0 Å². The van der Waals surface area contributed by atoms with Gasteiger partial charge < -0.3 is 33.5 Å². The second kappa shape index (κ2) is 16.1. The van der Waals surface area contributed by atoms with Crippen molar-refractivity contribution in [3.05, 3.63) is 120 Å². The Morgan fingerprint density at radius 1 is 0.628 bits per heavy atom. The molecule has 224 valence electrons. The number of phenols is 1. The highest BCUT2D eigenvalue weighted by molar-refractivity contribution is 6.11. The number of hydrogen-bond donors (Lipinski definition) is 1. The fraction of sp³-hybridized carbons (Fsp3) is 0.176. The molecule has 9 nitrogen and oxygen atoms in total. The third-order valence-corrected chi connectivity index (χ3v) is 6.14. The zero-order valence-electron chi connectivity index (χ0n) is 24.5. The molecule has 4 aromatic carbocycles. The van der Waals surface area contributed by atoms with Crippen LogP contribution < -0.4 is 23.7 Å². The molecular weight excluding hydrogens is 552 g/mol. The SMILES string of the molecule is C=COCCOc1ccc(C(=O)c2ccc(OC)cc2OC)cc1.COc1ccc(C(=O)c2ccc(O)cc2)c(OC)c1. The van der Waals surface area contributed by atoms with E-state index in [-0.39, 0.29) is 17.3 Å². The van der Waals surface area contributed by atoms with E-state index in [0.717, 1.165) is 0 Å². The minimum atomic E-state index is -0.167. The van der Waals surface area contributed by atoms with E-state index in [1.807, 2.05) is 0 Å². The Kier molecular flexibility index (Phi) is 12.0. The average Bonchev–Trinajstić information content (AvgIpc) is 3.06. The first-order valence-electron chi connectivity index (χ1n) is 13.1. The molecule has 0 amide bonds. The predicted octanol–water partition coefficient (Wildman–Crippen LogP) is 6.11. The Morgan fingerprint density at radius 3 is 1.49 bits per heavy atom. The first-order valence-corrected chi connectivity index (χ1v) is 13.1. The number of ketones is 2. The Balaban J connectivity index is 0.000000242. The van der Waals surface area contributed by atoms with Crippen molar-refractivity contribution in [2.24, 2.45) is 0 Å². The summed E-state index contributed by atoms with van der Waals surface area (Å²) < 4.78 is 31.2. The molecule has 0 unspecified atom stereocenters. The molecule has 1 N–H and O–H groups in total. The Hall–Kier alpha value is -5.44. The van der Waals surface area contributed by atoms with E-state index < -0.39 is 0 Å². The molecule has 0 saturated heterocycles. The van der Waals surface area contributed by atoms with Gasteiger partial charge in [-0.3, -0.25) is 9.59 Å². The molecule has 0 aromatic heterocycles. The minimum absolute atomic E-state index is 0.123. The minimum Gasteiger partial charge on any atom is -0.508 e. The van der Waals surface area contributed by atoms with Crippen LogP contribution in [-0.4, -0.2) is 58.3 Å². The summed E-state index contributed by atoms with van der Waals surface area (Å²) in [4.78, 5) is 25.0. The Bertz CT molecular complexity index is 1510. The third-order valence-electron chi connectivity index (χ3n) is 6.14. The van der Waals surface area contributed by atoms with Crippen molar-refractivity contribution in [1.29, 1.82) is 0 Å². The number of benzene rings is 4. The Morgan fingerprint density at radius 2 is 1.07 bits per heavy atom. The van der Waals surface area contributed by atoms with E-state index in [0.29, 0.717) is 64.2 Å². The molecule has 0 aliphatic carbocycles. The fourth-order valence-electron chi connectivity index (χ4n) is 3.89. The molecule has 0 spiro atoms. The maximum Gasteiger partial charge on any atom is 0.196 e. The summed E-state index contributed by atoms with van der Waals surface area (Å²) in [7, 11) is 6.14. The van der Waals surface area contributed by atoms with Crippen molar-refractivity contribution in [3.8, 4) is 34.5 Å². The van der Waals surface area contributed by atoms with Crippen molar-refractivity contribution in [1.82, 2.24) is 0 Å². The number of phenolic OH excluding ortho intramolecular Hbond substituents is 1. The van der Waals surface area contributed by atoms with E-state index >= 15 is 0 Å². The van der Waals surface area contributed by atoms with Gasteiger partial charge in [0.1, 0.15) is 47.7 Å². The highest BCUT2D eigenvalue weighted by atomic mass is 16.5. The van der Waals surface area contributed by atoms with Gasteiger partial charge in [0.2, 0.25) is 0 Å². The van der Waals surface area contributed by atoms with Gasteiger partial charge >= 0.3 is 0 Å². The summed E-state index contributed by atoms with van der Waals surface area (Å²) >= 11 is 0. The lowest BCUT2D eigenvalue weighted by atomic mass is 10.0. The fourth-order valence-corrected chi connectivity index (χ4v) is 3.89. The lowest BCUT2D eigenvalue weighted by Gasteiger charge is -2.10. The summed E-state index contributed by atoms with van der Waals surface area (Å²) in [6.45, 7) is 4.29. The van der Waals surface area contributed by atoms with Gasteiger partial charge in [0.25, 0.3) is 0 Å². The van der Waals surface area contributed by atoms with Crippen molar-refractivity contribution in [2.75, 3.05) is 41.7 Å². The quantitative estimate of drug-likeness (QED) is 0.113. The molecule has 0 fully saturated rings. The van der Waals surface area contributed by atoms with Gasteiger partial charge in [0, 0.05) is 23.3 Å². The highest BCUT2D eigenvalue weighted by Gasteiger charge is 2.16. The second-order valence-electron chi connectivity index (χ2n) is 8.75. The molecular formula is C34H34O9. The third kappa shape index (κ3) is 8.77. The second-order valence-corrected chi connectivity index (χ2v) is 8.75. The lowest BCUT2D eigenvalue weighted by molar-refractivity contribution is 0.102. The summed E-state index contributed by atoms with van der Waals surface area (Å²) in [6, 6.07) is 23.2. The van der Waals surface area contributed by atoms with Gasteiger partial charge in [-0.1, -0.05) is 6.58 Å². The van der Waals surface area contributed by atoms with Crippen molar-refractivity contribution < 1.29 is 43.1 Å². The molecule has 4 aromatic rings. The van der Waals surface area contributed by atoms with E-state index in [4.69, 9.17) is 28.4 Å². The van der Waals surface area contributed by atoms with Gasteiger partial charge in [-0.2, -0.15) is 0 Å². The zero-order valence-corrected chi connectivity index (χ0v) is 24.5. The molecule has 0 heterocycles. The molecule has 4 rings (SSSR count). The summed E-state index contributed by atoms with van der Waals surface area (Å²) in [5.41, 5.74) is 1.97. The molecule has 0 atom stereocenters. The molecule has 0 bridgehead atoms. The molecule has 0 saturated carbocycles. The van der Waals surface area contributed by atoms with Gasteiger partial charge in [-0.15, -0.1) is 0 Å². The van der Waals surface area contributed by atoms with Crippen LogP contribution >= 0.6 is 0 Å². The number of methoxy groups -OCH3 is 4. The summed E-state index contributed by atoms with van der Waals surface area (Å²) in [5, 5.41) is 9.23. The molecule has 0 radical (unpaired) electrons. The molecule has 0 aliphatic heterocycles. The number of ether oxygens (including phenoxy) is 6. The number of rotatable bonds is 13. The molecule has 9 heteroatoms. The predicted molar refractivity (Wildman–Crippen MR) is 162 cm³/mol. The van der Waals surface area contributed by atoms with Crippen LogP contribution in [0.5, 0.6) is 34.5 Å². The van der Waals surface area contributed by atoms with Gasteiger partial charge in [0.05, 0.1) is 45.8 Å². The van der Waals surface area contributed by atoms with Crippen LogP contribution in [0.15, 0.2) is 97.8 Å². The van der Waals surface area contributed by atoms with E-state index in [1.54, 1.807) is 87.0 Å². The van der Waals surface area contributed by atoms with Crippen LogP contribution in [0, 0.1) is 0 Å². The maximum absolute atomic E-state index is 12.6. The number of carbonyl (C=O) groups excluding carboxylic acids is 2. The monoisotopic (exact) mass is 586 g/mol. The lowest BCUT2D eigenvalue weighted by Crippen LogP contribution is -2.06. The maximum atomic E-state index is 12.6. The number of carbonyl (C=O) groups is 2. The summed E-state index contributed by atoms with van der Waals surface area (Å²) in [6.07, 6.45) is 1.37. The average molecular weight is 587 g/mol. The van der Waals surface area contributed by atoms with E-state index in [2.05, 4.69) is 6.58 Å². The van der Waals surface area contributed by atoms with Crippen LogP contribution in [-0.2, 0) is 4.74 Å². The number of aromatic hydroxyl groups is 1. The van der Waals surface area contributed by atoms with Gasteiger partial charge in [-0.05, 0) is 72.8 Å². The highest BCUT2D eigenvalue weighted by Crippen LogP contribution is 2.28. The van der Waals surface area contributed by atoms with Crippen LogP contribution in [0.1, 0.15) is 31.8 Å².